The zero-order chi connectivity index (χ0) is 26.5. The lowest BCUT2D eigenvalue weighted by molar-refractivity contribution is -0.0525. The fourth-order valence-electron chi connectivity index (χ4n) is 5.22. The molecule has 2 atom stereocenters. The van der Waals surface area contributed by atoms with Gasteiger partial charge in [0.1, 0.15) is 0 Å². The van der Waals surface area contributed by atoms with Crippen LogP contribution in [0.5, 0.6) is 0 Å². The quantitative estimate of drug-likeness (QED) is 0.475. The summed E-state index contributed by atoms with van der Waals surface area (Å²) in [6, 6.07) is 6.56. The molecule has 2 aromatic carbocycles. The molecular formula is C23H25ClF2N2O6S2. The van der Waals surface area contributed by atoms with Crippen LogP contribution in [0, 0.1) is 23.5 Å². The second kappa shape index (κ2) is 9.64. The normalized spacial score (nSPS) is 26.1. The molecule has 2 aliphatic rings. The molecule has 2 fully saturated rings. The number of nitrogens with one attached hydrogen (secondary N) is 2. The van der Waals surface area contributed by atoms with Gasteiger partial charge in [-0.1, -0.05) is 11.6 Å². The maximum absolute atomic E-state index is 13.6. The van der Waals surface area contributed by atoms with Crippen LogP contribution in [0.1, 0.15) is 36.0 Å². The Morgan fingerprint density at radius 3 is 2.28 bits per heavy atom. The van der Waals surface area contributed by atoms with Crippen molar-refractivity contribution in [3.8, 4) is 0 Å². The predicted octanol–water partition coefficient (Wildman–Crippen LogP) is 3.11. The summed E-state index contributed by atoms with van der Waals surface area (Å²) in [5.41, 5.74) is -1.40. The van der Waals surface area contributed by atoms with E-state index in [0.29, 0.717) is 12.8 Å². The maximum atomic E-state index is 13.6. The van der Waals surface area contributed by atoms with E-state index < -0.39 is 60.1 Å². The third-order valence-electron chi connectivity index (χ3n) is 7.11. The first-order chi connectivity index (χ1) is 16.7. The van der Waals surface area contributed by atoms with Crippen LogP contribution in [0.2, 0.25) is 5.02 Å². The van der Waals surface area contributed by atoms with Crippen LogP contribution >= 0.6 is 11.6 Å². The summed E-state index contributed by atoms with van der Waals surface area (Å²) in [5.74, 6) is -3.81. The molecule has 0 heterocycles. The van der Waals surface area contributed by atoms with E-state index in [1.807, 2.05) is 0 Å². The van der Waals surface area contributed by atoms with Crippen molar-refractivity contribution in [2.24, 2.45) is 11.8 Å². The number of halogens is 3. The topological polar surface area (TPSA) is 130 Å². The third-order valence-corrected chi connectivity index (χ3v) is 10.4. The largest absolute Gasteiger partial charge is 0.388 e. The van der Waals surface area contributed by atoms with Crippen molar-refractivity contribution in [2.45, 2.75) is 41.4 Å². The van der Waals surface area contributed by atoms with Crippen LogP contribution in [0.4, 0.5) is 14.5 Å². The molecule has 196 valence electrons. The summed E-state index contributed by atoms with van der Waals surface area (Å²) in [4.78, 5) is 12.4. The minimum absolute atomic E-state index is 0.0101. The number of amides is 1. The average molecular weight is 563 g/mol. The third kappa shape index (κ3) is 5.28. The van der Waals surface area contributed by atoms with Gasteiger partial charge in [0.15, 0.2) is 21.5 Å². The standard InChI is InChI=1S/C23H25ClF2N2O6S2/c1-35(31,32)27-12-23(30)14-3-4-15(23)10-17(9-14)36(33,34)21-8-13(2-6-18(21)24)22(29)28-16-5-7-19(25)20(26)11-16/h2,5-8,11,14-15,17,27,30H,3-4,9-10,12H2,1H3,(H,28,29)/t14?,15?,17-,23-. The number of hydrogen-bond acceptors (Lipinski definition) is 6. The van der Waals surface area contributed by atoms with Crippen LogP contribution in [-0.2, 0) is 19.9 Å². The average Bonchev–Trinajstić information content (AvgIpc) is 2.96. The lowest BCUT2D eigenvalue weighted by Crippen LogP contribution is -2.54. The van der Waals surface area contributed by atoms with Gasteiger partial charge < -0.3 is 10.4 Å². The minimum Gasteiger partial charge on any atom is -0.388 e. The zero-order valence-corrected chi connectivity index (χ0v) is 21.6. The van der Waals surface area contributed by atoms with Crippen molar-refractivity contribution in [1.82, 2.24) is 4.72 Å². The van der Waals surface area contributed by atoms with Crippen molar-refractivity contribution in [1.29, 1.82) is 0 Å². The predicted molar refractivity (Wildman–Crippen MR) is 130 cm³/mol. The highest BCUT2D eigenvalue weighted by Crippen LogP contribution is 2.52. The number of sulfonamides is 1. The molecule has 0 spiro atoms. The molecule has 13 heteroatoms. The molecule has 3 N–H and O–H groups in total. The number of hydrogen-bond donors (Lipinski definition) is 3. The van der Waals surface area contributed by atoms with E-state index in [1.165, 1.54) is 18.2 Å². The number of anilines is 1. The maximum Gasteiger partial charge on any atom is 0.255 e. The van der Waals surface area contributed by atoms with E-state index in [0.717, 1.165) is 24.5 Å². The monoisotopic (exact) mass is 562 g/mol. The Bertz CT molecular complexity index is 1400. The van der Waals surface area contributed by atoms with E-state index in [1.54, 1.807) is 0 Å². The van der Waals surface area contributed by atoms with Gasteiger partial charge in [-0.15, -0.1) is 0 Å². The van der Waals surface area contributed by atoms with Gasteiger partial charge in [-0.2, -0.15) is 0 Å². The molecule has 1 amide bonds. The van der Waals surface area contributed by atoms with E-state index in [4.69, 9.17) is 11.6 Å². The van der Waals surface area contributed by atoms with E-state index in [9.17, 15) is 35.5 Å². The Morgan fingerprint density at radius 1 is 1.06 bits per heavy atom. The molecule has 2 aliphatic carbocycles. The van der Waals surface area contributed by atoms with Gasteiger partial charge in [-0.05, 0) is 67.9 Å². The Hall–Kier alpha value is -2.12. The SMILES string of the molecule is CS(=O)(=O)NC[C@]1(O)C2CCC1C[C@@H](S(=O)(=O)c1cc(C(=O)Nc3ccc(F)c(F)c3)ccc1Cl)C2. The van der Waals surface area contributed by atoms with Crippen LogP contribution < -0.4 is 10.0 Å². The minimum atomic E-state index is -4.02. The first-order valence-corrected chi connectivity index (χ1v) is 15.0. The number of aliphatic hydroxyl groups is 1. The van der Waals surface area contributed by atoms with Gasteiger partial charge in [0.2, 0.25) is 10.0 Å². The van der Waals surface area contributed by atoms with Gasteiger partial charge in [-0.3, -0.25) is 4.79 Å². The van der Waals surface area contributed by atoms with Crippen molar-refractivity contribution in [2.75, 3.05) is 18.1 Å². The van der Waals surface area contributed by atoms with Gasteiger partial charge >= 0.3 is 0 Å². The highest BCUT2D eigenvalue weighted by molar-refractivity contribution is 7.92. The molecule has 0 aliphatic heterocycles. The number of rotatable bonds is 7. The molecule has 2 aromatic rings. The Morgan fingerprint density at radius 2 is 1.69 bits per heavy atom. The zero-order valence-electron chi connectivity index (χ0n) is 19.2. The number of benzene rings is 2. The van der Waals surface area contributed by atoms with Crippen LogP contribution in [0.25, 0.3) is 0 Å². The Labute approximate surface area is 213 Å². The van der Waals surface area contributed by atoms with Crippen molar-refractivity contribution in [3.05, 3.63) is 58.6 Å². The number of carbonyl (C=O) groups excluding carboxylic acids is 1. The number of fused-ring (bicyclic) bond motifs is 2. The smallest absolute Gasteiger partial charge is 0.255 e. The lowest BCUT2D eigenvalue weighted by Gasteiger charge is -2.42. The van der Waals surface area contributed by atoms with Crippen molar-refractivity contribution in [3.63, 3.8) is 0 Å². The van der Waals surface area contributed by atoms with Gasteiger partial charge in [0, 0.05) is 23.9 Å². The Balaban J connectivity index is 1.56. The summed E-state index contributed by atoms with van der Waals surface area (Å²) < 4.78 is 79.2. The first-order valence-electron chi connectivity index (χ1n) is 11.2. The van der Waals surface area contributed by atoms with Crippen LogP contribution in [-0.4, -0.2) is 51.5 Å². The summed E-state index contributed by atoms with van der Waals surface area (Å²) in [6.07, 6.45) is 2.34. The highest BCUT2D eigenvalue weighted by atomic mass is 35.5. The Kier molecular flexibility index (Phi) is 7.21. The number of carbonyl (C=O) groups is 1. The lowest BCUT2D eigenvalue weighted by atomic mass is 9.74. The van der Waals surface area contributed by atoms with Crippen LogP contribution in [0.15, 0.2) is 41.3 Å². The molecule has 36 heavy (non-hydrogen) atoms. The van der Waals surface area contributed by atoms with Gasteiger partial charge in [0.05, 0.1) is 27.0 Å². The molecule has 0 aromatic heterocycles. The van der Waals surface area contributed by atoms with Gasteiger partial charge in [0.25, 0.3) is 5.91 Å². The molecule has 0 radical (unpaired) electrons. The van der Waals surface area contributed by atoms with Crippen molar-refractivity contribution >= 4 is 43.1 Å². The molecular weight excluding hydrogens is 538 g/mol. The van der Waals surface area contributed by atoms with Gasteiger partial charge in [-0.25, -0.2) is 30.3 Å². The van der Waals surface area contributed by atoms with E-state index in [-0.39, 0.29) is 40.6 Å². The molecule has 4 rings (SSSR count). The molecule has 0 saturated heterocycles. The highest BCUT2D eigenvalue weighted by Gasteiger charge is 2.55. The molecule has 8 nitrogen and oxygen atoms in total. The number of sulfone groups is 1. The van der Waals surface area contributed by atoms with Crippen LogP contribution in [0.3, 0.4) is 0 Å². The fourth-order valence-corrected chi connectivity index (χ4v) is 8.11. The van der Waals surface area contributed by atoms with E-state index >= 15 is 0 Å². The summed E-state index contributed by atoms with van der Waals surface area (Å²) >= 11 is 6.22. The summed E-state index contributed by atoms with van der Waals surface area (Å²) in [5, 5.41) is 12.6. The van der Waals surface area contributed by atoms with E-state index in [2.05, 4.69) is 10.0 Å². The summed E-state index contributed by atoms with van der Waals surface area (Å²) in [6.45, 7) is -0.186. The molecule has 2 bridgehead atoms. The van der Waals surface area contributed by atoms with Crippen molar-refractivity contribution < 1.29 is 35.5 Å². The second-order valence-corrected chi connectivity index (χ2v) is 13.9. The molecule has 2 unspecified atom stereocenters. The second-order valence-electron chi connectivity index (χ2n) is 9.42. The fraction of sp³-hybridized carbons (Fsp3) is 0.435. The summed E-state index contributed by atoms with van der Waals surface area (Å²) in [7, 11) is -7.56. The first kappa shape index (κ1) is 26.9. The molecule has 2 saturated carbocycles.